The molecule has 0 bridgehead atoms. The van der Waals surface area contributed by atoms with Crippen molar-refractivity contribution in [2.24, 2.45) is 0 Å². The van der Waals surface area contributed by atoms with Crippen LogP contribution in [-0.2, 0) is 4.79 Å². The minimum atomic E-state index is -0.718. The van der Waals surface area contributed by atoms with E-state index in [1.807, 2.05) is 0 Å². The van der Waals surface area contributed by atoms with E-state index in [-0.39, 0.29) is 115 Å². The number of aliphatic hydroxyl groups excluding tert-OH is 1. The Hall–Kier alpha value is 3.37. The van der Waals surface area contributed by atoms with Crippen molar-refractivity contribution in [3.8, 4) is 0 Å². The van der Waals surface area contributed by atoms with Crippen molar-refractivity contribution in [3.05, 3.63) is 0 Å². The third-order valence-electron chi connectivity index (χ3n) is 0.124. The van der Waals surface area contributed by atoms with E-state index >= 15 is 0 Å². The molecule has 0 fully saturated rings. The molecule has 0 radical (unpaired) electrons. The van der Waals surface area contributed by atoms with E-state index in [1.54, 1.807) is 0 Å². The Morgan fingerprint density at radius 1 is 1.18 bits per heavy atom. The zero-order valence-electron chi connectivity index (χ0n) is 5.53. The summed E-state index contributed by atoms with van der Waals surface area (Å²) >= 11 is 4.57. The maximum Gasteiger partial charge on any atom is 3.00 e. The molecule has 0 amide bonds. The molecule has 0 rings (SSSR count). The van der Waals surface area contributed by atoms with E-state index in [4.69, 9.17) is 5.11 Å². The SMILES string of the molecule is O=C(Cl)CO.[Al+3].[Br-].[Br-].[Br-].[Br-].[Na+]. The molecular formula is C2H3AlBr4ClNaO2. The molecule has 0 aliphatic rings. The van der Waals surface area contributed by atoms with Gasteiger partial charge in [0.1, 0.15) is 6.61 Å². The molecule has 0 unspecified atom stereocenters. The van der Waals surface area contributed by atoms with Gasteiger partial charge >= 0.3 is 46.9 Å². The topological polar surface area (TPSA) is 37.3 Å². The summed E-state index contributed by atoms with van der Waals surface area (Å²) in [5, 5.41) is 6.94. The maximum absolute atomic E-state index is 9.33. The molecule has 0 heterocycles. The summed E-state index contributed by atoms with van der Waals surface area (Å²) in [5.74, 6) is 0. The Morgan fingerprint density at radius 2 is 1.27 bits per heavy atom. The van der Waals surface area contributed by atoms with Crippen LogP contribution in [0.5, 0.6) is 0 Å². The average Bonchev–Trinajstić information content (AvgIpc) is 1.38. The number of rotatable bonds is 1. The molecule has 1 N–H and O–H groups in total. The molecular weight excluding hydrogens is 461 g/mol. The normalized spacial score (nSPS) is 3.45. The molecule has 11 heavy (non-hydrogen) atoms. The van der Waals surface area contributed by atoms with Crippen LogP contribution in [0.4, 0.5) is 0 Å². The quantitative estimate of drug-likeness (QED) is 0.310. The van der Waals surface area contributed by atoms with E-state index in [1.165, 1.54) is 0 Å². The maximum atomic E-state index is 9.33. The van der Waals surface area contributed by atoms with Gasteiger partial charge in [-0.3, -0.25) is 4.79 Å². The van der Waals surface area contributed by atoms with Crippen molar-refractivity contribution in [1.29, 1.82) is 0 Å². The van der Waals surface area contributed by atoms with Crippen molar-refractivity contribution in [2.75, 3.05) is 6.61 Å². The van der Waals surface area contributed by atoms with Crippen LogP contribution < -0.4 is 97.5 Å². The van der Waals surface area contributed by atoms with Gasteiger partial charge in [0, 0.05) is 0 Å². The van der Waals surface area contributed by atoms with Gasteiger partial charge in [-0.25, -0.2) is 0 Å². The minimum Gasteiger partial charge on any atom is -1.00 e. The minimum absolute atomic E-state index is 0. The third-order valence-corrected chi connectivity index (χ3v) is 0.244. The molecule has 0 aliphatic heterocycles. The summed E-state index contributed by atoms with van der Waals surface area (Å²) in [5.41, 5.74) is 0. The third kappa shape index (κ3) is 59.9. The number of aliphatic hydroxyl groups is 1. The zero-order valence-corrected chi connectivity index (χ0v) is 15.8. The molecule has 2 nitrogen and oxygen atoms in total. The van der Waals surface area contributed by atoms with Crippen LogP contribution in [0.2, 0.25) is 0 Å². The smallest absolute Gasteiger partial charge is 1.00 e. The number of hydrogen-bond acceptors (Lipinski definition) is 2. The first kappa shape index (κ1) is 47.3. The van der Waals surface area contributed by atoms with Crippen molar-refractivity contribution < 1.29 is 107 Å². The summed E-state index contributed by atoms with van der Waals surface area (Å²) in [7, 11) is 0. The second-order valence-corrected chi connectivity index (χ2v) is 0.935. The van der Waals surface area contributed by atoms with Crippen molar-refractivity contribution >= 4 is 34.2 Å². The van der Waals surface area contributed by atoms with E-state index in [0.29, 0.717) is 0 Å². The van der Waals surface area contributed by atoms with Gasteiger partial charge in [-0.15, -0.1) is 0 Å². The van der Waals surface area contributed by atoms with E-state index in [2.05, 4.69) is 11.6 Å². The fourth-order valence-corrected chi connectivity index (χ4v) is 0. The van der Waals surface area contributed by atoms with Gasteiger partial charge in [0.2, 0.25) is 5.24 Å². The zero-order chi connectivity index (χ0) is 4.28. The summed E-state index contributed by atoms with van der Waals surface area (Å²) in [6, 6.07) is 0. The Kier molecular flexibility index (Phi) is 162. The summed E-state index contributed by atoms with van der Waals surface area (Å²) < 4.78 is 0. The molecule has 0 aromatic carbocycles. The number of carbonyl (C=O) groups excluding carboxylic acids is 1. The van der Waals surface area contributed by atoms with Crippen LogP contribution in [-0.4, -0.2) is 34.3 Å². The van der Waals surface area contributed by atoms with Crippen LogP contribution >= 0.6 is 11.6 Å². The predicted octanol–water partition coefficient (Wildman–Crippen LogP) is -15.6. The summed E-state index contributed by atoms with van der Waals surface area (Å²) in [4.78, 5) is 9.33. The Balaban J connectivity index is -0.00000000533. The van der Waals surface area contributed by atoms with Gasteiger partial charge in [-0.05, 0) is 11.6 Å². The van der Waals surface area contributed by atoms with E-state index < -0.39 is 11.8 Å². The van der Waals surface area contributed by atoms with Crippen LogP contribution in [0.25, 0.3) is 0 Å². The molecule has 0 atom stereocenters. The molecule has 62 valence electrons. The molecule has 0 aliphatic carbocycles. The fourth-order valence-electron chi connectivity index (χ4n) is 0. The van der Waals surface area contributed by atoms with Gasteiger partial charge in [0.25, 0.3) is 0 Å². The van der Waals surface area contributed by atoms with Crippen LogP contribution in [0, 0.1) is 0 Å². The Bertz CT molecular complexity index is 61.4. The second-order valence-electron chi connectivity index (χ2n) is 0.513. The average molecular weight is 464 g/mol. The molecule has 0 saturated carbocycles. The first-order valence-electron chi connectivity index (χ1n) is 1.06. The Morgan fingerprint density at radius 3 is 1.27 bits per heavy atom. The monoisotopic (exact) mass is 460 g/mol. The molecule has 0 spiro atoms. The van der Waals surface area contributed by atoms with Crippen molar-refractivity contribution in [2.45, 2.75) is 0 Å². The van der Waals surface area contributed by atoms with Gasteiger partial charge < -0.3 is 73.0 Å². The second kappa shape index (κ2) is 37.7. The van der Waals surface area contributed by atoms with Gasteiger partial charge in [0.05, 0.1) is 0 Å². The van der Waals surface area contributed by atoms with Gasteiger partial charge in [0.15, 0.2) is 0 Å². The van der Waals surface area contributed by atoms with E-state index in [0.717, 1.165) is 0 Å². The van der Waals surface area contributed by atoms with Crippen molar-refractivity contribution in [1.82, 2.24) is 0 Å². The number of halogens is 5. The van der Waals surface area contributed by atoms with Crippen LogP contribution in [0.15, 0.2) is 0 Å². The van der Waals surface area contributed by atoms with Gasteiger partial charge in [-0.1, -0.05) is 0 Å². The first-order chi connectivity index (χ1) is 2.27. The van der Waals surface area contributed by atoms with E-state index in [9.17, 15) is 4.79 Å². The Labute approximate surface area is 146 Å². The number of carbonyl (C=O) groups is 1. The molecule has 0 saturated heterocycles. The number of hydrogen-bond donors (Lipinski definition) is 1. The summed E-state index contributed by atoms with van der Waals surface area (Å²) in [6.07, 6.45) is 0. The summed E-state index contributed by atoms with van der Waals surface area (Å²) in [6.45, 7) is -0.568. The van der Waals surface area contributed by atoms with Gasteiger partial charge in [-0.2, -0.15) is 0 Å². The largest absolute Gasteiger partial charge is 3.00 e. The molecule has 9 heteroatoms. The molecule has 0 aromatic rings. The molecule has 0 aromatic heterocycles. The first-order valence-corrected chi connectivity index (χ1v) is 1.44. The van der Waals surface area contributed by atoms with Crippen LogP contribution in [0.1, 0.15) is 0 Å². The fraction of sp³-hybridized carbons (Fsp3) is 0.500. The van der Waals surface area contributed by atoms with Crippen LogP contribution in [0.3, 0.4) is 0 Å². The van der Waals surface area contributed by atoms with Crippen molar-refractivity contribution in [3.63, 3.8) is 0 Å². The standard InChI is InChI=1S/C2H3ClO2.Al.4BrH.Na/c3-2(5)1-4;;;;;;/h4H,1H2;;4*1H;/q;+3;;;;;+1/p-4. The predicted molar refractivity (Wildman–Crippen MR) is 23.7 cm³/mol.